The van der Waals surface area contributed by atoms with Gasteiger partial charge in [-0.3, -0.25) is 0 Å². The van der Waals surface area contributed by atoms with Gasteiger partial charge in [0.15, 0.2) is 0 Å². The fourth-order valence-electron chi connectivity index (χ4n) is 1.24. The highest BCUT2D eigenvalue weighted by Crippen LogP contribution is 2.15. The van der Waals surface area contributed by atoms with E-state index in [1.165, 1.54) is 22.3 Å². The topological polar surface area (TPSA) is 0 Å². The van der Waals surface area contributed by atoms with E-state index in [2.05, 4.69) is 46.2 Å². The van der Waals surface area contributed by atoms with Crippen LogP contribution in [0.5, 0.6) is 0 Å². The van der Waals surface area contributed by atoms with Gasteiger partial charge < -0.3 is 0 Å². The highest BCUT2D eigenvalue weighted by Gasteiger charge is 1.91. The summed E-state index contributed by atoms with van der Waals surface area (Å²) in [6.07, 6.45) is 2.14. The standard InChI is InChI=1S/C11H15/c1-5-11-6-8(2)10(4)9(3)7-11/h5-7H,1-4H3/q-1. The first-order chi connectivity index (χ1) is 5.15. The number of hydrogen-bond acceptors (Lipinski definition) is 0. The quantitative estimate of drug-likeness (QED) is 0.535. The SMILES string of the molecule is C[CH-]c1cc(C)c(C)c(C)c1. The molecule has 0 unspecified atom stereocenters. The third-order valence-corrected chi connectivity index (χ3v) is 2.28. The molecule has 0 heteroatoms. The summed E-state index contributed by atoms with van der Waals surface area (Å²) >= 11 is 0. The lowest BCUT2D eigenvalue weighted by Gasteiger charge is -2.14. The van der Waals surface area contributed by atoms with Gasteiger partial charge in [-0.25, -0.2) is 0 Å². The highest BCUT2D eigenvalue weighted by atomic mass is 14.0. The van der Waals surface area contributed by atoms with Crippen LogP contribution in [0.2, 0.25) is 0 Å². The molecule has 1 rings (SSSR count). The van der Waals surface area contributed by atoms with Crippen LogP contribution in [-0.4, -0.2) is 0 Å². The number of aryl methyl sites for hydroxylation is 2. The van der Waals surface area contributed by atoms with Crippen LogP contribution >= 0.6 is 0 Å². The van der Waals surface area contributed by atoms with Crippen molar-refractivity contribution in [2.24, 2.45) is 0 Å². The van der Waals surface area contributed by atoms with Crippen molar-refractivity contribution >= 4 is 0 Å². The first-order valence-electron chi connectivity index (χ1n) is 4.02. The van der Waals surface area contributed by atoms with Crippen molar-refractivity contribution in [3.8, 4) is 0 Å². The zero-order valence-electron chi connectivity index (χ0n) is 7.73. The molecule has 0 aromatic heterocycles. The van der Waals surface area contributed by atoms with Gasteiger partial charge in [0.2, 0.25) is 0 Å². The van der Waals surface area contributed by atoms with Gasteiger partial charge in [0.1, 0.15) is 0 Å². The summed E-state index contributed by atoms with van der Waals surface area (Å²) in [6.45, 7) is 8.57. The molecule has 60 valence electrons. The molecule has 0 fully saturated rings. The van der Waals surface area contributed by atoms with Crippen LogP contribution in [0.1, 0.15) is 29.2 Å². The van der Waals surface area contributed by atoms with Gasteiger partial charge in [-0.2, -0.15) is 24.1 Å². The van der Waals surface area contributed by atoms with Gasteiger partial charge in [0.05, 0.1) is 0 Å². The van der Waals surface area contributed by atoms with Gasteiger partial charge in [0, 0.05) is 0 Å². The van der Waals surface area contributed by atoms with E-state index in [4.69, 9.17) is 0 Å². The average Bonchev–Trinajstić information content (AvgIpc) is 1.99. The van der Waals surface area contributed by atoms with Crippen molar-refractivity contribution in [1.82, 2.24) is 0 Å². The lowest BCUT2D eigenvalue weighted by molar-refractivity contribution is 1.23. The molecule has 0 radical (unpaired) electrons. The third-order valence-electron chi connectivity index (χ3n) is 2.28. The summed E-state index contributed by atoms with van der Waals surface area (Å²) in [5.41, 5.74) is 5.51. The molecule has 0 aliphatic carbocycles. The Balaban J connectivity index is 3.21. The zero-order chi connectivity index (χ0) is 8.43. The van der Waals surface area contributed by atoms with Crippen molar-refractivity contribution in [2.75, 3.05) is 0 Å². The molecular formula is C11H15-. The second-order valence-corrected chi connectivity index (χ2v) is 3.07. The lowest BCUT2D eigenvalue weighted by atomic mass is 10.00. The Labute approximate surface area is 69.3 Å². The van der Waals surface area contributed by atoms with Crippen molar-refractivity contribution in [2.45, 2.75) is 27.7 Å². The fourth-order valence-corrected chi connectivity index (χ4v) is 1.24. The van der Waals surface area contributed by atoms with E-state index in [0.29, 0.717) is 0 Å². The predicted molar refractivity (Wildman–Crippen MR) is 49.7 cm³/mol. The second kappa shape index (κ2) is 3.00. The van der Waals surface area contributed by atoms with E-state index >= 15 is 0 Å². The molecule has 0 saturated carbocycles. The Morgan fingerprint density at radius 3 is 1.82 bits per heavy atom. The van der Waals surface area contributed by atoms with Crippen molar-refractivity contribution in [3.05, 3.63) is 40.8 Å². The minimum Gasteiger partial charge on any atom is -0.192 e. The molecule has 0 nitrogen and oxygen atoms in total. The second-order valence-electron chi connectivity index (χ2n) is 3.07. The Kier molecular flexibility index (Phi) is 2.23. The van der Waals surface area contributed by atoms with Gasteiger partial charge >= 0.3 is 0 Å². The Morgan fingerprint density at radius 2 is 1.45 bits per heavy atom. The van der Waals surface area contributed by atoms with E-state index in [1.54, 1.807) is 0 Å². The van der Waals surface area contributed by atoms with Crippen LogP contribution in [0.15, 0.2) is 12.1 Å². The summed E-state index contributed by atoms with van der Waals surface area (Å²) in [7, 11) is 0. The largest absolute Gasteiger partial charge is 0.192 e. The average molecular weight is 147 g/mol. The summed E-state index contributed by atoms with van der Waals surface area (Å²) in [5.74, 6) is 0. The van der Waals surface area contributed by atoms with Crippen LogP contribution in [0.3, 0.4) is 0 Å². The highest BCUT2D eigenvalue weighted by molar-refractivity contribution is 5.39. The summed E-state index contributed by atoms with van der Waals surface area (Å²) in [4.78, 5) is 0. The third kappa shape index (κ3) is 1.56. The monoisotopic (exact) mass is 147 g/mol. The van der Waals surface area contributed by atoms with Gasteiger partial charge in [0.25, 0.3) is 0 Å². The van der Waals surface area contributed by atoms with Crippen LogP contribution in [0.25, 0.3) is 0 Å². The van der Waals surface area contributed by atoms with Crippen LogP contribution in [0.4, 0.5) is 0 Å². The van der Waals surface area contributed by atoms with Crippen LogP contribution < -0.4 is 0 Å². The van der Waals surface area contributed by atoms with E-state index in [0.717, 1.165) is 0 Å². The first kappa shape index (κ1) is 8.19. The molecule has 0 aliphatic rings. The lowest BCUT2D eigenvalue weighted by Crippen LogP contribution is -1.88. The molecule has 0 saturated heterocycles. The molecule has 0 atom stereocenters. The van der Waals surface area contributed by atoms with Gasteiger partial charge in [-0.05, 0) is 6.92 Å². The maximum atomic E-state index is 2.22. The van der Waals surface area contributed by atoms with Crippen LogP contribution in [-0.2, 0) is 0 Å². The van der Waals surface area contributed by atoms with E-state index < -0.39 is 0 Å². The minimum absolute atomic E-state index is 1.32. The predicted octanol–water partition coefficient (Wildman–Crippen LogP) is 3.18. The maximum absolute atomic E-state index is 2.22. The number of hydrogen-bond donors (Lipinski definition) is 0. The smallest absolute Gasteiger partial charge is 0.0413 e. The molecule has 0 aliphatic heterocycles. The minimum atomic E-state index is 1.32. The normalized spacial score (nSPS) is 9.82. The zero-order valence-corrected chi connectivity index (χ0v) is 7.73. The fraction of sp³-hybridized carbons (Fsp3) is 0.364. The van der Waals surface area contributed by atoms with E-state index in [-0.39, 0.29) is 0 Å². The molecule has 0 spiro atoms. The summed E-state index contributed by atoms with van der Waals surface area (Å²) in [5, 5.41) is 0. The van der Waals surface area contributed by atoms with Gasteiger partial charge in [-0.1, -0.05) is 26.3 Å². The molecule has 1 aromatic rings. The van der Waals surface area contributed by atoms with E-state index in [9.17, 15) is 0 Å². The molecule has 11 heavy (non-hydrogen) atoms. The van der Waals surface area contributed by atoms with E-state index in [1.807, 2.05) is 0 Å². The molecule has 0 heterocycles. The Bertz CT molecular complexity index is 236. The van der Waals surface area contributed by atoms with Crippen molar-refractivity contribution < 1.29 is 0 Å². The summed E-state index contributed by atoms with van der Waals surface area (Å²) < 4.78 is 0. The summed E-state index contributed by atoms with van der Waals surface area (Å²) in [6, 6.07) is 4.45. The molecule has 1 aromatic carbocycles. The number of benzene rings is 1. The Hall–Kier alpha value is -0.910. The maximum Gasteiger partial charge on any atom is -0.0413 e. The Morgan fingerprint density at radius 1 is 1.00 bits per heavy atom. The molecule has 0 bridgehead atoms. The molecule has 0 N–H and O–H groups in total. The molecule has 0 amide bonds. The first-order valence-corrected chi connectivity index (χ1v) is 4.02. The van der Waals surface area contributed by atoms with Crippen molar-refractivity contribution in [1.29, 1.82) is 0 Å². The van der Waals surface area contributed by atoms with Crippen LogP contribution in [0, 0.1) is 27.2 Å². The number of rotatable bonds is 1. The van der Waals surface area contributed by atoms with Gasteiger partial charge in [-0.15, -0.1) is 11.1 Å². The van der Waals surface area contributed by atoms with Crippen molar-refractivity contribution in [3.63, 3.8) is 0 Å². The molecular weight excluding hydrogens is 132 g/mol.